The molecule has 10 nitrogen and oxygen atoms in total. The summed E-state index contributed by atoms with van der Waals surface area (Å²) in [7, 11) is -2.45. The molecule has 0 aliphatic heterocycles. The first kappa shape index (κ1) is 45.4. The zero-order valence-electron chi connectivity index (χ0n) is 37.2. The van der Waals surface area contributed by atoms with E-state index in [1.165, 1.54) is 6.07 Å². The second-order valence-electron chi connectivity index (χ2n) is 18.1. The Morgan fingerprint density at radius 3 is 1.90 bits per heavy atom. The summed E-state index contributed by atoms with van der Waals surface area (Å²) in [6.45, 7) is 17.4. The minimum Gasteiger partial charge on any atom is -0.487 e. The average Bonchev–Trinajstić information content (AvgIpc) is 3.23. The average molecular weight is 853 g/mol. The normalized spacial score (nSPS) is 12.5. The zero-order valence-corrected chi connectivity index (χ0v) is 38.2. The molecule has 5 aromatic carbocycles. The number of aromatic nitrogens is 1. The molecule has 324 valence electrons. The van der Waals surface area contributed by atoms with E-state index in [9.17, 15) is 14.4 Å². The number of nitrogens with zero attached hydrogens (tertiary/aromatic N) is 1. The van der Waals surface area contributed by atoms with Gasteiger partial charge in [0.1, 0.15) is 18.0 Å². The first-order chi connectivity index (χ1) is 29.5. The van der Waals surface area contributed by atoms with Crippen molar-refractivity contribution >= 4 is 37.0 Å². The second kappa shape index (κ2) is 19.7. The molecule has 6 rings (SSSR count). The van der Waals surface area contributed by atoms with Crippen molar-refractivity contribution in [3.8, 4) is 5.75 Å². The molecule has 0 saturated carbocycles. The van der Waals surface area contributed by atoms with E-state index in [1.54, 1.807) is 11.0 Å². The summed E-state index contributed by atoms with van der Waals surface area (Å²) in [6.07, 6.45) is -0.507. The summed E-state index contributed by atoms with van der Waals surface area (Å²) in [4.78, 5) is 44.9. The number of aromatic amines is 1. The Morgan fingerprint density at radius 1 is 0.726 bits per heavy atom. The largest absolute Gasteiger partial charge is 0.487 e. The van der Waals surface area contributed by atoms with Crippen molar-refractivity contribution in [3.05, 3.63) is 178 Å². The van der Waals surface area contributed by atoms with E-state index in [2.05, 4.69) is 49.5 Å². The third-order valence-corrected chi connectivity index (χ3v) is 15.7. The number of pyridine rings is 1. The maximum Gasteiger partial charge on any atom is 0.410 e. The monoisotopic (exact) mass is 852 g/mol. The molecule has 3 amide bonds. The summed E-state index contributed by atoms with van der Waals surface area (Å²) in [5, 5.41) is 6.75. The number of amides is 3. The van der Waals surface area contributed by atoms with Crippen LogP contribution < -0.4 is 20.9 Å². The first-order valence-electron chi connectivity index (χ1n) is 21.2. The molecule has 0 spiro atoms. The van der Waals surface area contributed by atoms with Gasteiger partial charge in [0.2, 0.25) is 5.56 Å². The molecule has 0 aliphatic rings. The Balaban J connectivity index is 1.24. The molecule has 0 radical (unpaired) electrons. The predicted octanol–water partition coefficient (Wildman–Crippen LogP) is 11.6. The number of H-pyrrole nitrogens is 1. The number of carbonyl (C=O) groups is 2. The number of rotatable bonds is 15. The van der Waals surface area contributed by atoms with Gasteiger partial charge in [-0.15, -0.1) is 0 Å². The SMILES string of the molecule is CC(C)(C)OC(=O)N(CCc1ccc(NC(=O)NC(c2ccccc2)c2ccccc2)cc1)C[C@H](O[Si](C)(C)C(C)(C)C)c1ccc(OCc2ccccc2)c2[nH]c(=O)ccc12. The number of nitrogens with one attached hydrogen (secondary N) is 3. The highest BCUT2D eigenvalue weighted by molar-refractivity contribution is 6.74. The van der Waals surface area contributed by atoms with Crippen LogP contribution in [0.2, 0.25) is 18.1 Å². The topological polar surface area (TPSA) is 122 Å². The van der Waals surface area contributed by atoms with Crippen LogP contribution >= 0.6 is 0 Å². The van der Waals surface area contributed by atoms with Gasteiger partial charge in [0.15, 0.2) is 8.32 Å². The van der Waals surface area contributed by atoms with Crippen molar-refractivity contribution in [2.45, 2.75) is 90.4 Å². The van der Waals surface area contributed by atoms with Crippen LogP contribution in [0, 0.1) is 0 Å². The van der Waals surface area contributed by atoms with Crippen molar-refractivity contribution in [1.82, 2.24) is 15.2 Å². The van der Waals surface area contributed by atoms with E-state index in [-0.39, 0.29) is 29.2 Å². The number of hydrogen-bond donors (Lipinski definition) is 3. The maximum absolute atomic E-state index is 14.1. The van der Waals surface area contributed by atoms with E-state index in [1.807, 2.05) is 148 Å². The molecule has 0 aliphatic carbocycles. The van der Waals surface area contributed by atoms with Gasteiger partial charge < -0.3 is 34.4 Å². The number of hydrogen-bond acceptors (Lipinski definition) is 6. The Morgan fingerprint density at radius 2 is 1.32 bits per heavy atom. The van der Waals surface area contributed by atoms with Crippen LogP contribution in [0.15, 0.2) is 144 Å². The molecule has 11 heteroatoms. The highest BCUT2D eigenvalue weighted by Crippen LogP contribution is 2.42. The lowest BCUT2D eigenvalue weighted by atomic mass is 9.99. The lowest BCUT2D eigenvalue weighted by Crippen LogP contribution is -2.46. The Kier molecular flexibility index (Phi) is 14.4. The van der Waals surface area contributed by atoms with Crippen LogP contribution in [-0.2, 0) is 22.2 Å². The fraction of sp³-hybridized carbons (Fsp3) is 0.314. The fourth-order valence-corrected chi connectivity index (χ4v) is 8.13. The molecule has 0 unspecified atom stereocenters. The van der Waals surface area contributed by atoms with Crippen molar-refractivity contribution in [2.24, 2.45) is 0 Å². The molecule has 0 bridgehead atoms. The minimum atomic E-state index is -2.45. The van der Waals surface area contributed by atoms with Gasteiger partial charge in [-0.05, 0) is 97.4 Å². The summed E-state index contributed by atoms with van der Waals surface area (Å²) >= 11 is 0. The highest BCUT2D eigenvalue weighted by atomic mass is 28.4. The Hall–Kier alpha value is -6.17. The third-order valence-electron chi connectivity index (χ3n) is 11.2. The van der Waals surface area contributed by atoms with Crippen LogP contribution in [0.4, 0.5) is 15.3 Å². The second-order valence-corrected chi connectivity index (χ2v) is 22.9. The summed E-state index contributed by atoms with van der Waals surface area (Å²) in [6, 6.07) is 43.8. The third kappa shape index (κ3) is 12.2. The van der Waals surface area contributed by atoms with Gasteiger partial charge in [-0.1, -0.05) is 130 Å². The smallest absolute Gasteiger partial charge is 0.410 e. The van der Waals surface area contributed by atoms with Gasteiger partial charge in [-0.2, -0.15) is 0 Å². The van der Waals surface area contributed by atoms with Crippen LogP contribution in [0.1, 0.15) is 81.5 Å². The summed E-state index contributed by atoms with van der Waals surface area (Å²) in [5.41, 5.74) is 4.98. The van der Waals surface area contributed by atoms with Gasteiger partial charge in [0, 0.05) is 23.7 Å². The lowest BCUT2D eigenvalue weighted by molar-refractivity contribution is 0.0159. The molecule has 0 fully saturated rings. The van der Waals surface area contributed by atoms with E-state index in [0.717, 1.165) is 33.2 Å². The van der Waals surface area contributed by atoms with Crippen LogP contribution in [0.5, 0.6) is 5.75 Å². The van der Waals surface area contributed by atoms with E-state index in [4.69, 9.17) is 13.9 Å². The number of anilines is 1. The van der Waals surface area contributed by atoms with Crippen molar-refractivity contribution in [1.29, 1.82) is 0 Å². The molecule has 62 heavy (non-hydrogen) atoms. The number of carbonyl (C=O) groups excluding carboxylic acids is 2. The van der Waals surface area contributed by atoms with Gasteiger partial charge >= 0.3 is 12.1 Å². The van der Waals surface area contributed by atoms with Gasteiger partial charge in [-0.3, -0.25) is 4.79 Å². The fourth-order valence-electron chi connectivity index (χ4n) is 6.87. The zero-order chi connectivity index (χ0) is 44.5. The van der Waals surface area contributed by atoms with E-state index in [0.29, 0.717) is 36.5 Å². The molecule has 1 heterocycles. The van der Waals surface area contributed by atoms with Crippen LogP contribution in [0.25, 0.3) is 10.9 Å². The van der Waals surface area contributed by atoms with Crippen molar-refractivity contribution in [3.63, 3.8) is 0 Å². The van der Waals surface area contributed by atoms with E-state index < -0.39 is 26.1 Å². The first-order valence-corrected chi connectivity index (χ1v) is 24.1. The molecule has 1 aromatic heterocycles. The van der Waals surface area contributed by atoms with E-state index >= 15 is 0 Å². The summed E-state index contributed by atoms with van der Waals surface area (Å²) in [5.74, 6) is 0.544. The predicted molar refractivity (Wildman–Crippen MR) is 251 cm³/mol. The molecular weight excluding hydrogens is 793 g/mol. The molecule has 0 saturated heterocycles. The Bertz CT molecular complexity index is 2420. The molecular formula is C51H60N4O6Si. The Labute approximate surface area is 366 Å². The molecule has 6 aromatic rings. The van der Waals surface area contributed by atoms with Gasteiger partial charge in [-0.25, -0.2) is 9.59 Å². The van der Waals surface area contributed by atoms with Crippen LogP contribution in [0.3, 0.4) is 0 Å². The number of fused-ring (bicyclic) bond motifs is 1. The van der Waals surface area contributed by atoms with Gasteiger partial charge in [0.25, 0.3) is 0 Å². The van der Waals surface area contributed by atoms with Crippen LogP contribution in [-0.4, -0.2) is 49.0 Å². The maximum atomic E-state index is 14.1. The van der Waals surface area contributed by atoms with Gasteiger partial charge in [0.05, 0.1) is 24.2 Å². The summed E-state index contributed by atoms with van der Waals surface area (Å²) < 4.78 is 19.5. The number of benzene rings is 5. The van der Waals surface area contributed by atoms with Crippen molar-refractivity contribution < 1.29 is 23.5 Å². The standard InChI is InChI=1S/C51H60N4O6Si/c1-50(2,3)60-49(58)55(33-32-36-24-26-40(27-25-36)52-48(57)54-46(38-20-14-10-15-21-38)39-22-16-11-17-23-39)34-44(61-62(7,8)51(4,5)6)41-28-30-43(47-42(41)29-31-45(56)53-47)59-35-37-18-12-9-13-19-37/h9-31,44,46H,32-35H2,1-8H3,(H,53,56)(H2,52,54,57)/t44-/m0/s1. The highest BCUT2D eigenvalue weighted by Gasteiger charge is 2.41. The lowest BCUT2D eigenvalue weighted by Gasteiger charge is -2.41. The quantitative estimate of drug-likeness (QED) is 0.0885. The number of ether oxygens (including phenoxy) is 2. The van der Waals surface area contributed by atoms with Crippen molar-refractivity contribution in [2.75, 3.05) is 18.4 Å². The molecule has 1 atom stereocenters. The molecule has 3 N–H and O–H groups in total. The number of urea groups is 1. The minimum absolute atomic E-state index is 0.137.